The van der Waals surface area contributed by atoms with Crippen molar-refractivity contribution in [2.75, 3.05) is 7.11 Å². The van der Waals surface area contributed by atoms with E-state index in [0.717, 1.165) is 12.8 Å². The number of carbonyl (C=O) groups is 1. The molecule has 3 heteroatoms. The van der Waals surface area contributed by atoms with E-state index < -0.39 is 5.54 Å². The third-order valence-electron chi connectivity index (χ3n) is 3.65. The maximum atomic E-state index is 11.7. The molecule has 0 radical (unpaired) electrons. The second-order valence-corrected chi connectivity index (χ2v) is 6.87. The molecule has 0 aliphatic heterocycles. The lowest BCUT2D eigenvalue weighted by Gasteiger charge is -2.42. The average molecular weight is 241 g/mol. The molecule has 100 valence electrons. The summed E-state index contributed by atoms with van der Waals surface area (Å²) in [6.07, 6.45) is 3.53. The smallest absolute Gasteiger partial charge is 0.325 e. The number of rotatable bonds is 3. The van der Waals surface area contributed by atoms with E-state index in [9.17, 15) is 4.79 Å². The van der Waals surface area contributed by atoms with Crippen molar-refractivity contribution in [3.63, 3.8) is 0 Å². The molecule has 2 unspecified atom stereocenters. The Morgan fingerprint density at radius 3 is 2.41 bits per heavy atom. The van der Waals surface area contributed by atoms with Crippen LogP contribution in [-0.4, -0.2) is 24.7 Å². The van der Waals surface area contributed by atoms with Gasteiger partial charge in [-0.1, -0.05) is 20.8 Å². The van der Waals surface area contributed by atoms with Gasteiger partial charge in [0.05, 0.1) is 7.11 Å². The monoisotopic (exact) mass is 241 g/mol. The Kier molecular flexibility index (Phi) is 4.23. The zero-order valence-electron chi connectivity index (χ0n) is 12.1. The number of hydrogen-bond donors (Lipinski definition) is 1. The molecular formula is C14H27NO2. The van der Waals surface area contributed by atoms with E-state index in [4.69, 9.17) is 4.74 Å². The molecule has 2 atom stereocenters. The third kappa shape index (κ3) is 3.98. The fourth-order valence-electron chi connectivity index (χ4n) is 3.28. The summed E-state index contributed by atoms with van der Waals surface area (Å²) < 4.78 is 4.83. The second-order valence-electron chi connectivity index (χ2n) is 6.87. The Hall–Kier alpha value is -0.570. The first-order chi connectivity index (χ1) is 7.66. The summed E-state index contributed by atoms with van der Waals surface area (Å²) in [7, 11) is 1.44. The van der Waals surface area contributed by atoms with Crippen molar-refractivity contribution in [3.05, 3.63) is 0 Å². The van der Waals surface area contributed by atoms with Crippen molar-refractivity contribution in [1.82, 2.24) is 5.32 Å². The summed E-state index contributed by atoms with van der Waals surface area (Å²) >= 11 is 0. The topological polar surface area (TPSA) is 38.3 Å². The Labute approximate surface area is 105 Å². The first-order valence-electron chi connectivity index (χ1n) is 6.52. The Morgan fingerprint density at radius 2 is 1.94 bits per heavy atom. The molecule has 0 aromatic carbocycles. The van der Waals surface area contributed by atoms with Crippen molar-refractivity contribution >= 4 is 5.97 Å². The number of carbonyl (C=O) groups excluding carboxylic acids is 1. The van der Waals surface area contributed by atoms with Crippen molar-refractivity contribution in [2.45, 2.75) is 65.5 Å². The zero-order valence-corrected chi connectivity index (χ0v) is 12.1. The van der Waals surface area contributed by atoms with Crippen LogP contribution in [0.2, 0.25) is 0 Å². The number of methoxy groups -OCH3 is 1. The minimum atomic E-state index is -0.591. The lowest BCUT2D eigenvalue weighted by molar-refractivity contribution is -0.147. The van der Waals surface area contributed by atoms with Crippen LogP contribution in [0.4, 0.5) is 0 Å². The van der Waals surface area contributed by atoms with Crippen LogP contribution in [0.3, 0.4) is 0 Å². The molecule has 1 aliphatic rings. The molecule has 0 bridgehead atoms. The van der Waals surface area contributed by atoms with E-state index in [2.05, 4.69) is 26.1 Å². The summed E-state index contributed by atoms with van der Waals surface area (Å²) in [5.74, 6) is 0.526. The highest BCUT2D eigenvalue weighted by molar-refractivity contribution is 5.79. The lowest BCUT2D eigenvalue weighted by atomic mass is 9.70. The summed E-state index contributed by atoms with van der Waals surface area (Å²) in [5, 5.41) is 3.46. The molecular weight excluding hydrogens is 214 g/mol. The van der Waals surface area contributed by atoms with Crippen molar-refractivity contribution < 1.29 is 9.53 Å². The average Bonchev–Trinajstić information content (AvgIpc) is 2.11. The van der Waals surface area contributed by atoms with Crippen LogP contribution in [0, 0.1) is 11.3 Å². The van der Waals surface area contributed by atoms with Gasteiger partial charge in [-0.05, 0) is 44.4 Å². The number of ether oxygens (including phenoxy) is 1. The van der Waals surface area contributed by atoms with E-state index in [-0.39, 0.29) is 5.97 Å². The molecule has 3 nitrogen and oxygen atoms in total. The maximum absolute atomic E-state index is 11.7. The molecule has 0 saturated heterocycles. The van der Waals surface area contributed by atoms with Crippen molar-refractivity contribution in [2.24, 2.45) is 11.3 Å². The Morgan fingerprint density at radius 1 is 1.35 bits per heavy atom. The van der Waals surface area contributed by atoms with Gasteiger partial charge in [-0.15, -0.1) is 0 Å². The van der Waals surface area contributed by atoms with Gasteiger partial charge in [0.2, 0.25) is 0 Å². The molecule has 1 N–H and O–H groups in total. The van der Waals surface area contributed by atoms with Gasteiger partial charge in [-0.2, -0.15) is 0 Å². The van der Waals surface area contributed by atoms with Gasteiger partial charge in [0.15, 0.2) is 0 Å². The van der Waals surface area contributed by atoms with Crippen LogP contribution >= 0.6 is 0 Å². The van der Waals surface area contributed by atoms with E-state index in [1.807, 2.05) is 13.8 Å². The van der Waals surface area contributed by atoms with Gasteiger partial charge in [0.25, 0.3) is 0 Å². The first-order valence-corrected chi connectivity index (χ1v) is 6.52. The minimum Gasteiger partial charge on any atom is -0.468 e. The van der Waals surface area contributed by atoms with Gasteiger partial charge in [-0.25, -0.2) is 0 Å². The molecule has 0 aromatic rings. The van der Waals surface area contributed by atoms with Crippen LogP contribution < -0.4 is 5.32 Å². The SMILES string of the molecule is COC(=O)C(C)(C)NC1CC(C)CC(C)(C)C1. The quantitative estimate of drug-likeness (QED) is 0.772. The number of esters is 1. The van der Waals surface area contributed by atoms with Gasteiger partial charge in [-0.3, -0.25) is 10.1 Å². The summed E-state index contributed by atoms with van der Waals surface area (Å²) in [6, 6.07) is 0.405. The van der Waals surface area contributed by atoms with E-state index >= 15 is 0 Å². The molecule has 0 amide bonds. The van der Waals surface area contributed by atoms with Crippen molar-refractivity contribution in [1.29, 1.82) is 0 Å². The summed E-state index contributed by atoms with van der Waals surface area (Å²) in [6.45, 7) is 10.7. The van der Waals surface area contributed by atoms with Gasteiger partial charge in [0.1, 0.15) is 5.54 Å². The Bertz CT molecular complexity index is 284. The van der Waals surface area contributed by atoms with E-state index in [1.165, 1.54) is 13.5 Å². The van der Waals surface area contributed by atoms with Gasteiger partial charge in [0, 0.05) is 6.04 Å². The molecule has 0 heterocycles. The van der Waals surface area contributed by atoms with Crippen LogP contribution in [-0.2, 0) is 9.53 Å². The normalized spacial score (nSPS) is 28.8. The highest BCUT2D eigenvalue weighted by atomic mass is 16.5. The van der Waals surface area contributed by atoms with Crippen LogP contribution in [0.5, 0.6) is 0 Å². The molecule has 0 spiro atoms. The summed E-state index contributed by atoms with van der Waals surface area (Å²) in [5.41, 5.74) is -0.228. The fourth-order valence-corrected chi connectivity index (χ4v) is 3.28. The first kappa shape index (κ1) is 14.5. The lowest BCUT2D eigenvalue weighted by Crippen LogP contribution is -2.54. The maximum Gasteiger partial charge on any atom is 0.325 e. The molecule has 17 heavy (non-hydrogen) atoms. The van der Waals surface area contributed by atoms with Crippen molar-refractivity contribution in [3.8, 4) is 0 Å². The molecule has 1 aliphatic carbocycles. The highest BCUT2D eigenvalue weighted by Crippen LogP contribution is 2.39. The largest absolute Gasteiger partial charge is 0.468 e. The van der Waals surface area contributed by atoms with Crippen LogP contribution in [0.25, 0.3) is 0 Å². The molecule has 1 saturated carbocycles. The Balaban J connectivity index is 2.65. The minimum absolute atomic E-state index is 0.187. The standard InChI is InChI=1S/C14H27NO2/c1-10-7-11(9-13(2,3)8-10)15-14(4,5)12(16)17-6/h10-11,15H,7-9H2,1-6H3. The fraction of sp³-hybridized carbons (Fsp3) is 0.929. The van der Waals surface area contributed by atoms with Crippen LogP contribution in [0.1, 0.15) is 53.9 Å². The number of nitrogens with one attached hydrogen (secondary N) is 1. The van der Waals surface area contributed by atoms with Crippen LogP contribution in [0.15, 0.2) is 0 Å². The van der Waals surface area contributed by atoms with Gasteiger partial charge >= 0.3 is 5.97 Å². The van der Waals surface area contributed by atoms with E-state index in [0.29, 0.717) is 17.4 Å². The predicted molar refractivity (Wildman–Crippen MR) is 69.8 cm³/mol. The third-order valence-corrected chi connectivity index (χ3v) is 3.65. The predicted octanol–water partition coefficient (Wildman–Crippen LogP) is 2.74. The zero-order chi connectivity index (χ0) is 13.3. The molecule has 1 fully saturated rings. The number of hydrogen-bond acceptors (Lipinski definition) is 3. The highest BCUT2D eigenvalue weighted by Gasteiger charge is 2.37. The van der Waals surface area contributed by atoms with Gasteiger partial charge < -0.3 is 4.74 Å². The van der Waals surface area contributed by atoms with E-state index in [1.54, 1.807) is 0 Å². The summed E-state index contributed by atoms with van der Waals surface area (Å²) in [4.78, 5) is 11.7. The molecule has 1 rings (SSSR count). The molecule has 0 aromatic heterocycles. The second kappa shape index (κ2) is 4.97.